The van der Waals surface area contributed by atoms with Gasteiger partial charge in [0.05, 0.1) is 0 Å². The molecule has 0 bridgehead atoms. The normalized spacial score (nSPS) is 11.5. The molecule has 1 N–H and O–H groups in total. The number of carbonyl (C=O) groups is 1. The van der Waals surface area contributed by atoms with E-state index >= 15 is 0 Å². The lowest BCUT2D eigenvalue weighted by Crippen LogP contribution is -2.13. The van der Waals surface area contributed by atoms with Gasteiger partial charge in [0, 0.05) is 17.6 Å². The molecule has 0 spiro atoms. The van der Waals surface area contributed by atoms with E-state index in [-0.39, 0.29) is 0 Å². The lowest BCUT2D eigenvalue weighted by atomic mass is 10.3. The van der Waals surface area contributed by atoms with E-state index in [1.807, 2.05) is 12.3 Å². The van der Waals surface area contributed by atoms with Crippen LogP contribution in [0, 0.1) is 0 Å². The van der Waals surface area contributed by atoms with Gasteiger partial charge in [0.25, 0.3) is 5.91 Å². The van der Waals surface area contributed by atoms with E-state index in [4.69, 9.17) is 11.6 Å². The van der Waals surface area contributed by atoms with Crippen LogP contribution in [0.15, 0.2) is 29.2 Å². The Hall–Kier alpha value is -1.67. The zero-order valence-electron chi connectivity index (χ0n) is 11.5. The van der Waals surface area contributed by atoms with Crippen LogP contribution in [0.4, 0.5) is 18.9 Å². The van der Waals surface area contributed by atoms with Gasteiger partial charge < -0.3 is 5.32 Å². The molecule has 0 saturated heterocycles. The SMILES string of the molecule is CSc1cccc(NC(=O)c2nn(C)c(C(F)(F)F)c2Cl)c1. The van der Waals surface area contributed by atoms with Gasteiger partial charge in [-0.05, 0) is 24.5 Å². The second-order valence-corrected chi connectivity index (χ2v) is 5.58. The van der Waals surface area contributed by atoms with Crippen LogP contribution in [0.5, 0.6) is 0 Å². The van der Waals surface area contributed by atoms with E-state index in [2.05, 4.69) is 10.4 Å². The van der Waals surface area contributed by atoms with E-state index in [1.165, 1.54) is 11.8 Å². The summed E-state index contributed by atoms with van der Waals surface area (Å²) in [5.41, 5.74) is -1.17. The molecule has 0 fully saturated rings. The van der Waals surface area contributed by atoms with Gasteiger partial charge in [-0.15, -0.1) is 11.8 Å². The molecule has 2 aromatic rings. The molecule has 118 valence electrons. The molecule has 1 heterocycles. The van der Waals surface area contributed by atoms with E-state index in [9.17, 15) is 18.0 Å². The molecule has 4 nitrogen and oxygen atoms in total. The second-order valence-electron chi connectivity index (χ2n) is 4.32. The lowest BCUT2D eigenvalue weighted by molar-refractivity contribution is -0.143. The summed E-state index contributed by atoms with van der Waals surface area (Å²) in [6.45, 7) is 0. The molecule has 0 aliphatic rings. The fourth-order valence-electron chi connectivity index (χ4n) is 1.84. The van der Waals surface area contributed by atoms with Crippen molar-refractivity contribution in [2.75, 3.05) is 11.6 Å². The van der Waals surface area contributed by atoms with Crippen LogP contribution in [0.25, 0.3) is 0 Å². The fraction of sp³-hybridized carbons (Fsp3) is 0.231. The summed E-state index contributed by atoms with van der Waals surface area (Å²) in [5.74, 6) is -0.797. The molecular weight excluding hydrogens is 339 g/mol. The maximum absolute atomic E-state index is 12.8. The van der Waals surface area contributed by atoms with Crippen molar-refractivity contribution in [2.45, 2.75) is 11.1 Å². The van der Waals surface area contributed by atoms with Crippen molar-refractivity contribution in [2.24, 2.45) is 7.05 Å². The minimum Gasteiger partial charge on any atom is -0.321 e. The van der Waals surface area contributed by atoms with Gasteiger partial charge in [0.1, 0.15) is 5.02 Å². The molecule has 0 unspecified atom stereocenters. The Bertz CT molecular complexity index is 715. The van der Waals surface area contributed by atoms with Gasteiger partial charge in [0.15, 0.2) is 11.4 Å². The average molecular weight is 350 g/mol. The topological polar surface area (TPSA) is 46.9 Å². The standard InChI is InChI=1S/C13H11ClF3N3OS/c1-20-11(13(15,16)17)9(14)10(19-20)12(21)18-7-4-3-5-8(6-7)22-2/h3-6H,1-2H3,(H,18,21). The highest BCUT2D eigenvalue weighted by Gasteiger charge is 2.39. The molecule has 1 amide bonds. The summed E-state index contributed by atoms with van der Waals surface area (Å²) in [5, 5.41) is 5.33. The molecule has 0 atom stereocenters. The Morgan fingerprint density at radius 2 is 2.09 bits per heavy atom. The van der Waals surface area contributed by atoms with Gasteiger partial charge in [-0.1, -0.05) is 17.7 Å². The number of carbonyl (C=O) groups excluding carboxylic acids is 1. The number of thioether (sulfide) groups is 1. The van der Waals surface area contributed by atoms with Gasteiger partial charge >= 0.3 is 6.18 Å². The molecule has 0 aliphatic heterocycles. The minimum atomic E-state index is -4.68. The third-order valence-corrected chi connectivity index (χ3v) is 3.88. The number of benzene rings is 1. The minimum absolute atomic E-state index is 0.451. The van der Waals surface area contributed by atoms with Crippen molar-refractivity contribution in [3.63, 3.8) is 0 Å². The van der Waals surface area contributed by atoms with Crippen LogP contribution in [0.1, 0.15) is 16.2 Å². The number of amides is 1. The zero-order chi connectivity index (χ0) is 16.5. The van der Waals surface area contributed by atoms with Crippen molar-refractivity contribution >= 4 is 35.0 Å². The highest BCUT2D eigenvalue weighted by molar-refractivity contribution is 7.98. The van der Waals surface area contributed by atoms with Crippen molar-refractivity contribution < 1.29 is 18.0 Å². The predicted molar refractivity (Wildman–Crippen MR) is 79.4 cm³/mol. The second kappa shape index (κ2) is 6.21. The third-order valence-electron chi connectivity index (χ3n) is 2.80. The fourth-order valence-corrected chi connectivity index (χ4v) is 2.65. The number of hydrogen-bond acceptors (Lipinski definition) is 3. The first-order chi connectivity index (χ1) is 10.2. The largest absolute Gasteiger partial charge is 0.434 e. The number of aromatic nitrogens is 2. The summed E-state index contributed by atoms with van der Waals surface area (Å²) in [6, 6.07) is 6.89. The smallest absolute Gasteiger partial charge is 0.321 e. The highest BCUT2D eigenvalue weighted by Crippen LogP contribution is 2.36. The van der Waals surface area contributed by atoms with E-state index in [0.29, 0.717) is 10.4 Å². The maximum atomic E-state index is 12.8. The average Bonchev–Trinajstić information content (AvgIpc) is 2.74. The number of alkyl halides is 3. The number of nitrogens with zero attached hydrogens (tertiary/aromatic N) is 2. The van der Waals surface area contributed by atoms with Crippen LogP contribution in [0.3, 0.4) is 0 Å². The summed E-state index contributed by atoms with van der Waals surface area (Å²) in [4.78, 5) is 13.0. The summed E-state index contributed by atoms with van der Waals surface area (Å²) >= 11 is 7.14. The third kappa shape index (κ3) is 3.38. The van der Waals surface area contributed by atoms with Gasteiger partial charge in [-0.25, -0.2) is 0 Å². The number of aryl methyl sites for hydroxylation is 1. The summed E-state index contributed by atoms with van der Waals surface area (Å²) < 4.78 is 39.0. The Morgan fingerprint density at radius 3 is 2.64 bits per heavy atom. The molecule has 22 heavy (non-hydrogen) atoms. The van der Waals surface area contributed by atoms with Crippen molar-refractivity contribution in [3.05, 3.63) is 40.7 Å². The number of hydrogen-bond donors (Lipinski definition) is 1. The number of anilines is 1. The van der Waals surface area contributed by atoms with Gasteiger partial charge in [-0.3, -0.25) is 9.48 Å². The lowest BCUT2D eigenvalue weighted by Gasteiger charge is -2.06. The highest BCUT2D eigenvalue weighted by atomic mass is 35.5. The molecule has 1 aromatic carbocycles. The molecule has 0 saturated carbocycles. The summed E-state index contributed by atoms with van der Waals surface area (Å²) in [6.07, 6.45) is -2.82. The van der Waals surface area contributed by atoms with Crippen molar-refractivity contribution in [1.29, 1.82) is 0 Å². The maximum Gasteiger partial charge on any atom is 0.434 e. The molecule has 1 aromatic heterocycles. The molecular formula is C13H11ClF3N3OS. The number of halogens is 4. The number of nitrogens with one attached hydrogen (secondary N) is 1. The van der Waals surface area contributed by atoms with Gasteiger partial charge in [0.2, 0.25) is 0 Å². The van der Waals surface area contributed by atoms with Crippen LogP contribution >= 0.6 is 23.4 Å². The Kier molecular flexibility index (Phi) is 4.72. The van der Waals surface area contributed by atoms with E-state index in [0.717, 1.165) is 11.9 Å². The van der Waals surface area contributed by atoms with Crippen molar-refractivity contribution in [3.8, 4) is 0 Å². The van der Waals surface area contributed by atoms with Gasteiger partial charge in [-0.2, -0.15) is 18.3 Å². The van der Waals surface area contributed by atoms with Crippen LogP contribution in [0.2, 0.25) is 5.02 Å². The van der Waals surface area contributed by atoms with Crippen LogP contribution in [-0.2, 0) is 13.2 Å². The number of rotatable bonds is 3. The first-order valence-electron chi connectivity index (χ1n) is 5.99. The Morgan fingerprint density at radius 1 is 1.41 bits per heavy atom. The zero-order valence-corrected chi connectivity index (χ0v) is 13.1. The van der Waals surface area contributed by atoms with Crippen molar-refractivity contribution in [1.82, 2.24) is 9.78 Å². The van der Waals surface area contributed by atoms with E-state index < -0.39 is 28.5 Å². The van der Waals surface area contributed by atoms with Crippen LogP contribution < -0.4 is 5.32 Å². The molecule has 9 heteroatoms. The first kappa shape index (κ1) is 16.7. The summed E-state index contributed by atoms with van der Waals surface area (Å²) in [7, 11) is 1.08. The quantitative estimate of drug-likeness (QED) is 0.850. The van der Waals surface area contributed by atoms with Crippen LogP contribution in [-0.4, -0.2) is 21.9 Å². The molecule has 0 aliphatic carbocycles. The Balaban J connectivity index is 2.31. The molecule has 2 rings (SSSR count). The predicted octanol–water partition coefficient (Wildman–Crippen LogP) is 4.07. The Labute approximate surface area is 133 Å². The molecule has 0 radical (unpaired) electrons. The first-order valence-corrected chi connectivity index (χ1v) is 7.59. The monoisotopic (exact) mass is 349 g/mol. The van der Waals surface area contributed by atoms with E-state index in [1.54, 1.807) is 18.2 Å².